The molecule has 1 unspecified atom stereocenters. The van der Waals surface area contributed by atoms with Gasteiger partial charge in [-0.25, -0.2) is 0 Å². The van der Waals surface area contributed by atoms with Crippen molar-refractivity contribution in [3.05, 3.63) is 0 Å². The molecular formula is C11H23N3O. The van der Waals surface area contributed by atoms with Crippen LogP contribution in [0.4, 0.5) is 0 Å². The minimum absolute atomic E-state index is 0.182. The first-order valence-electron chi connectivity index (χ1n) is 5.69. The van der Waals surface area contributed by atoms with E-state index >= 15 is 0 Å². The van der Waals surface area contributed by atoms with Crippen molar-refractivity contribution >= 4 is 5.91 Å². The summed E-state index contributed by atoms with van der Waals surface area (Å²) in [5.74, 6) is 0.889. The monoisotopic (exact) mass is 213 g/mol. The molecule has 0 aromatic heterocycles. The fraction of sp³-hybridized carbons (Fsp3) is 0.909. The van der Waals surface area contributed by atoms with E-state index in [-0.39, 0.29) is 5.91 Å². The van der Waals surface area contributed by atoms with Gasteiger partial charge in [-0.05, 0) is 38.9 Å². The minimum Gasteiger partial charge on any atom is -0.348 e. The molecule has 1 fully saturated rings. The third-order valence-electron chi connectivity index (χ3n) is 2.87. The molecule has 1 amide bonds. The zero-order valence-corrected chi connectivity index (χ0v) is 10.1. The van der Waals surface area contributed by atoms with Crippen LogP contribution in [0.3, 0.4) is 0 Å². The van der Waals surface area contributed by atoms with Gasteiger partial charge in [0.05, 0.1) is 6.54 Å². The van der Waals surface area contributed by atoms with Gasteiger partial charge < -0.3 is 10.2 Å². The van der Waals surface area contributed by atoms with Crippen LogP contribution in [0.15, 0.2) is 0 Å². The minimum atomic E-state index is 0.182. The molecule has 4 heteroatoms. The van der Waals surface area contributed by atoms with Gasteiger partial charge in [0.1, 0.15) is 0 Å². The number of piperidine rings is 1. The molecule has 88 valence electrons. The fourth-order valence-electron chi connectivity index (χ4n) is 1.96. The van der Waals surface area contributed by atoms with E-state index in [2.05, 4.69) is 10.2 Å². The predicted molar refractivity (Wildman–Crippen MR) is 61.8 cm³/mol. The normalized spacial score (nSPS) is 21.7. The van der Waals surface area contributed by atoms with Gasteiger partial charge >= 0.3 is 0 Å². The van der Waals surface area contributed by atoms with Gasteiger partial charge in [0.2, 0.25) is 5.91 Å². The van der Waals surface area contributed by atoms with Gasteiger partial charge in [0, 0.05) is 20.6 Å². The quantitative estimate of drug-likeness (QED) is 0.714. The SMILES string of the molecule is CN(CC(=O)N(C)C)CC1CCCNC1. The molecule has 0 aromatic rings. The van der Waals surface area contributed by atoms with Crippen molar-refractivity contribution in [2.45, 2.75) is 12.8 Å². The smallest absolute Gasteiger partial charge is 0.236 e. The Morgan fingerprint density at radius 3 is 2.67 bits per heavy atom. The molecule has 0 bridgehead atoms. The van der Waals surface area contributed by atoms with E-state index in [1.807, 2.05) is 7.05 Å². The lowest BCUT2D eigenvalue weighted by Crippen LogP contribution is -2.40. The fourth-order valence-corrected chi connectivity index (χ4v) is 1.96. The van der Waals surface area contributed by atoms with Gasteiger partial charge in [0.25, 0.3) is 0 Å². The van der Waals surface area contributed by atoms with E-state index in [4.69, 9.17) is 0 Å². The van der Waals surface area contributed by atoms with E-state index in [9.17, 15) is 4.79 Å². The van der Waals surface area contributed by atoms with Crippen LogP contribution < -0.4 is 5.32 Å². The van der Waals surface area contributed by atoms with Crippen molar-refractivity contribution in [1.82, 2.24) is 15.1 Å². The van der Waals surface area contributed by atoms with Gasteiger partial charge in [-0.1, -0.05) is 0 Å². The number of carbonyl (C=O) groups is 1. The average Bonchev–Trinajstić information content (AvgIpc) is 2.18. The van der Waals surface area contributed by atoms with Crippen molar-refractivity contribution in [2.24, 2.45) is 5.92 Å². The third kappa shape index (κ3) is 4.62. The second-order valence-corrected chi connectivity index (χ2v) is 4.70. The first-order chi connectivity index (χ1) is 7.09. The molecule has 1 heterocycles. The second kappa shape index (κ2) is 6.08. The number of rotatable bonds is 4. The highest BCUT2D eigenvalue weighted by molar-refractivity contribution is 5.77. The Morgan fingerprint density at radius 1 is 1.40 bits per heavy atom. The van der Waals surface area contributed by atoms with Crippen LogP contribution in [0, 0.1) is 5.92 Å². The summed E-state index contributed by atoms with van der Waals surface area (Å²) in [5, 5.41) is 3.39. The summed E-state index contributed by atoms with van der Waals surface area (Å²) in [5.41, 5.74) is 0. The van der Waals surface area contributed by atoms with Gasteiger partial charge in [-0.3, -0.25) is 9.69 Å². The number of nitrogens with zero attached hydrogens (tertiary/aromatic N) is 2. The molecule has 1 saturated heterocycles. The molecule has 1 aliphatic rings. The van der Waals surface area contributed by atoms with Crippen molar-refractivity contribution in [3.8, 4) is 0 Å². The molecular weight excluding hydrogens is 190 g/mol. The number of hydrogen-bond donors (Lipinski definition) is 1. The number of nitrogens with one attached hydrogen (secondary N) is 1. The lowest BCUT2D eigenvalue weighted by atomic mass is 9.99. The summed E-state index contributed by atoms with van der Waals surface area (Å²) in [6, 6.07) is 0. The van der Waals surface area contributed by atoms with Gasteiger partial charge in [-0.2, -0.15) is 0 Å². The van der Waals surface area contributed by atoms with Crippen molar-refractivity contribution in [3.63, 3.8) is 0 Å². The summed E-state index contributed by atoms with van der Waals surface area (Å²) in [7, 11) is 5.63. The largest absolute Gasteiger partial charge is 0.348 e. The second-order valence-electron chi connectivity index (χ2n) is 4.70. The van der Waals surface area contributed by atoms with Gasteiger partial charge in [-0.15, -0.1) is 0 Å². The van der Waals surface area contributed by atoms with Crippen LogP contribution in [0.2, 0.25) is 0 Å². The Labute approximate surface area is 92.6 Å². The first kappa shape index (κ1) is 12.5. The summed E-state index contributed by atoms with van der Waals surface area (Å²) < 4.78 is 0. The summed E-state index contributed by atoms with van der Waals surface area (Å²) in [4.78, 5) is 15.2. The van der Waals surface area contributed by atoms with E-state index < -0.39 is 0 Å². The van der Waals surface area contributed by atoms with E-state index in [0.717, 1.165) is 19.6 Å². The predicted octanol–water partition coefficient (Wildman–Crippen LogP) is 0.00600. The maximum absolute atomic E-state index is 11.5. The van der Waals surface area contributed by atoms with Crippen molar-refractivity contribution < 1.29 is 4.79 Å². The molecule has 1 aliphatic heterocycles. The molecule has 1 atom stereocenters. The third-order valence-corrected chi connectivity index (χ3v) is 2.87. The highest BCUT2D eigenvalue weighted by Gasteiger charge is 2.16. The lowest BCUT2D eigenvalue weighted by molar-refractivity contribution is -0.129. The molecule has 0 saturated carbocycles. The summed E-state index contributed by atoms with van der Waals surface area (Å²) in [6.07, 6.45) is 2.55. The molecule has 0 spiro atoms. The molecule has 4 nitrogen and oxygen atoms in total. The maximum Gasteiger partial charge on any atom is 0.236 e. The Kier molecular flexibility index (Phi) is 5.05. The summed E-state index contributed by atoms with van der Waals surface area (Å²) in [6.45, 7) is 3.80. The zero-order chi connectivity index (χ0) is 11.3. The van der Waals surface area contributed by atoms with Crippen LogP contribution in [0.1, 0.15) is 12.8 Å². The van der Waals surface area contributed by atoms with Crippen LogP contribution in [0.5, 0.6) is 0 Å². The number of carbonyl (C=O) groups excluding carboxylic acids is 1. The summed E-state index contributed by atoms with van der Waals surface area (Å²) >= 11 is 0. The Morgan fingerprint density at radius 2 is 2.13 bits per heavy atom. The molecule has 1 rings (SSSR count). The van der Waals surface area contributed by atoms with Crippen LogP contribution in [0.25, 0.3) is 0 Å². The maximum atomic E-state index is 11.5. The van der Waals surface area contributed by atoms with Crippen molar-refractivity contribution in [1.29, 1.82) is 0 Å². The topological polar surface area (TPSA) is 35.6 Å². The Bertz CT molecular complexity index is 200. The zero-order valence-electron chi connectivity index (χ0n) is 10.1. The average molecular weight is 213 g/mol. The number of amides is 1. The Hall–Kier alpha value is -0.610. The first-order valence-corrected chi connectivity index (χ1v) is 5.69. The molecule has 15 heavy (non-hydrogen) atoms. The van der Waals surface area contributed by atoms with Crippen LogP contribution in [-0.4, -0.2) is 63.0 Å². The molecule has 0 aliphatic carbocycles. The van der Waals surface area contributed by atoms with Crippen molar-refractivity contribution in [2.75, 3.05) is 47.3 Å². The lowest BCUT2D eigenvalue weighted by Gasteiger charge is -2.27. The standard InChI is InChI=1S/C11H23N3O/c1-13(2)11(15)9-14(3)8-10-5-4-6-12-7-10/h10,12H,4-9H2,1-3H3. The van der Waals surface area contributed by atoms with E-state index in [1.165, 1.54) is 12.8 Å². The molecule has 1 N–H and O–H groups in total. The molecule has 0 aromatic carbocycles. The molecule has 0 radical (unpaired) electrons. The highest BCUT2D eigenvalue weighted by Crippen LogP contribution is 2.10. The highest BCUT2D eigenvalue weighted by atomic mass is 16.2. The number of likely N-dealkylation sites (N-methyl/N-ethyl adjacent to an activating group) is 2. The van der Waals surface area contributed by atoms with E-state index in [0.29, 0.717) is 12.5 Å². The van der Waals surface area contributed by atoms with Gasteiger partial charge in [0.15, 0.2) is 0 Å². The Balaban J connectivity index is 2.22. The number of hydrogen-bond acceptors (Lipinski definition) is 3. The van der Waals surface area contributed by atoms with E-state index in [1.54, 1.807) is 19.0 Å². The van der Waals surface area contributed by atoms with Crippen LogP contribution >= 0.6 is 0 Å². The van der Waals surface area contributed by atoms with Crippen LogP contribution in [-0.2, 0) is 4.79 Å².